The third kappa shape index (κ3) is 5.58. The van der Waals surface area contributed by atoms with E-state index in [0.717, 1.165) is 16.9 Å². The number of fused-ring (bicyclic) bond motifs is 3. The van der Waals surface area contributed by atoms with Gasteiger partial charge in [0.05, 0.1) is 31.7 Å². The molecule has 0 radical (unpaired) electrons. The van der Waals surface area contributed by atoms with Crippen LogP contribution in [-0.4, -0.2) is 67.4 Å². The molecule has 0 unspecified atom stereocenters. The molecule has 2 amide bonds. The number of benzene rings is 2. The minimum atomic E-state index is -0.526. The molecule has 2 aliphatic rings. The summed E-state index contributed by atoms with van der Waals surface area (Å²) in [6, 6.07) is 15.3. The first-order valence-electron chi connectivity index (χ1n) is 11.7. The Balaban J connectivity index is 1.43. The van der Waals surface area contributed by atoms with Crippen LogP contribution in [0.3, 0.4) is 0 Å². The van der Waals surface area contributed by atoms with Gasteiger partial charge in [-0.25, -0.2) is 0 Å². The summed E-state index contributed by atoms with van der Waals surface area (Å²) in [5, 5.41) is 15.9. The van der Waals surface area contributed by atoms with Gasteiger partial charge in [0.2, 0.25) is 11.8 Å². The van der Waals surface area contributed by atoms with Crippen LogP contribution in [0.1, 0.15) is 42.9 Å². The number of rotatable bonds is 8. The van der Waals surface area contributed by atoms with Crippen molar-refractivity contribution in [1.82, 2.24) is 10.2 Å². The number of carbonyl (C=O) groups excluding carboxylic acids is 2. The molecule has 2 heterocycles. The second-order valence-electron chi connectivity index (χ2n) is 9.35. The maximum atomic E-state index is 12.8. The Morgan fingerprint density at radius 2 is 1.91 bits per heavy atom. The molecular formula is C26H33N3O5. The van der Waals surface area contributed by atoms with Gasteiger partial charge in [-0.15, -0.1) is 0 Å². The summed E-state index contributed by atoms with van der Waals surface area (Å²) in [6.45, 7) is 2.05. The highest BCUT2D eigenvalue weighted by atomic mass is 16.6. The third-order valence-corrected chi connectivity index (χ3v) is 6.33. The number of carbonyl (C=O) groups is 2. The van der Waals surface area contributed by atoms with Gasteiger partial charge in [-0.05, 0) is 51.2 Å². The predicted octanol–water partition coefficient (Wildman–Crippen LogP) is 2.45. The van der Waals surface area contributed by atoms with Gasteiger partial charge in [-0.2, -0.15) is 0 Å². The van der Waals surface area contributed by atoms with E-state index in [1.165, 1.54) is 0 Å². The average molecular weight is 468 g/mol. The molecule has 182 valence electrons. The molecule has 1 fully saturated rings. The molecule has 1 saturated heterocycles. The Kier molecular flexibility index (Phi) is 7.50. The molecule has 0 spiro atoms. The van der Waals surface area contributed by atoms with E-state index >= 15 is 0 Å². The lowest BCUT2D eigenvalue weighted by molar-refractivity contribution is -0.142. The van der Waals surface area contributed by atoms with Gasteiger partial charge in [-0.3, -0.25) is 9.59 Å². The minimum absolute atomic E-state index is 0.0315. The van der Waals surface area contributed by atoms with Crippen molar-refractivity contribution in [2.45, 2.75) is 50.0 Å². The molecule has 34 heavy (non-hydrogen) atoms. The van der Waals surface area contributed by atoms with Gasteiger partial charge in [0, 0.05) is 17.2 Å². The quantitative estimate of drug-likeness (QED) is 0.552. The lowest BCUT2D eigenvalue weighted by Crippen LogP contribution is -2.47. The van der Waals surface area contributed by atoms with Crippen molar-refractivity contribution in [2.75, 3.05) is 32.6 Å². The lowest BCUT2D eigenvalue weighted by Gasteiger charge is -2.37. The summed E-state index contributed by atoms with van der Waals surface area (Å²) in [4.78, 5) is 26.7. The number of aliphatic hydroxyl groups is 1. The van der Waals surface area contributed by atoms with Crippen molar-refractivity contribution in [3.05, 3.63) is 59.7 Å². The number of hydrogen-bond acceptors (Lipinski definition) is 6. The highest BCUT2D eigenvalue weighted by Gasteiger charge is 2.46. The molecule has 0 aliphatic carbocycles. The fourth-order valence-corrected chi connectivity index (χ4v) is 4.79. The monoisotopic (exact) mass is 467 g/mol. The molecule has 8 nitrogen and oxygen atoms in total. The van der Waals surface area contributed by atoms with Crippen molar-refractivity contribution in [1.29, 1.82) is 0 Å². The van der Waals surface area contributed by atoms with Crippen molar-refractivity contribution in [3.8, 4) is 5.75 Å². The van der Waals surface area contributed by atoms with Crippen LogP contribution in [0.4, 0.5) is 5.69 Å². The SMILES string of the molecule is C[C@@H](NC(=O)C[C@H]1C[C@H]2c3cc(NC(=O)CN(C)C)ccc3O[C@H]2[C@@H](CO)O1)c1ccccc1. The van der Waals surface area contributed by atoms with E-state index in [2.05, 4.69) is 10.6 Å². The summed E-state index contributed by atoms with van der Waals surface area (Å²) in [5.74, 6) is 0.504. The zero-order chi connectivity index (χ0) is 24.2. The van der Waals surface area contributed by atoms with Gasteiger partial charge < -0.3 is 30.1 Å². The molecule has 2 aromatic carbocycles. The number of nitrogens with one attached hydrogen (secondary N) is 2. The highest BCUT2D eigenvalue weighted by molar-refractivity contribution is 5.92. The number of ether oxygens (including phenoxy) is 2. The molecule has 3 N–H and O–H groups in total. The van der Waals surface area contributed by atoms with E-state index < -0.39 is 6.10 Å². The predicted molar refractivity (Wildman–Crippen MR) is 129 cm³/mol. The fraction of sp³-hybridized carbons (Fsp3) is 0.462. The van der Waals surface area contributed by atoms with Gasteiger partial charge in [-0.1, -0.05) is 30.3 Å². The van der Waals surface area contributed by atoms with E-state index in [9.17, 15) is 14.7 Å². The first-order valence-corrected chi connectivity index (χ1v) is 11.7. The Labute approximate surface area is 200 Å². The van der Waals surface area contributed by atoms with Crippen LogP contribution in [0.25, 0.3) is 0 Å². The molecular weight excluding hydrogens is 434 g/mol. The standard InChI is InChI=1S/C26H33N3O5/c1-16(17-7-5-4-6-8-17)27-24(31)13-19-12-21-20-11-18(28-25(32)14-29(2)3)9-10-22(20)34-26(21)23(15-30)33-19/h4-11,16,19,21,23,26,30H,12-15H2,1-3H3,(H,27,31)(H,28,32)/t16-,19-,21+,23-,26-/m1/s1. The summed E-state index contributed by atoms with van der Waals surface area (Å²) in [7, 11) is 3.68. The van der Waals surface area contributed by atoms with Crippen LogP contribution in [-0.2, 0) is 14.3 Å². The topological polar surface area (TPSA) is 100 Å². The fourth-order valence-electron chi connectivity index (χ4n) is 4.79. The highest BCUT2D eigenvalue weighted by Crippen LogP contribution is 2.47. The van der Waals surface area contributed by atoms with E-state index in [-0.39, 0.29) is 49.0 Å². The average Bonchev–Trinajstić information content (AvgIpc) is 3.16. The van der Waals surface area contributed by atoms with Crippen molar-refractivity contribution in [2.24, 2.45) is 0 Å². The molecule has 0 bridgehead atoms. The number of likely N-dealkylation sites (N-methyl/N-ethyl adjacent to an activating group) is 1. The molecule has 8 heteroatoms. The Morgan fingerprint density at radius 1 is 1.15 bits per heavy atom. The number of nitrogens with zero attached hydrogens (tertiary/aromatic N) is 1. The largest absolute Gasteiger partial charge is 0.487 e. The van der Waals surface area contributed by atoms with E-state index in [0.29, 0.717) is 18.7 Å². The third-order valence-electron chi connectivity index (χ3n) is 6.33. The zero-order valence-electron chi connectivity index (χ0n) is 19.9. The second kappa shape index (κ2) is 10.5. The first kappa shape index (κ1) is 24.2. The normalized spacial score (nSPS) is 24.0. The van der Waals surface area contributed by atoms with Gasteiger partial charge >= 0.3 is 0 Å². The van der Waals surface area contributed by atoms with Gasteiger partial charge in [0.15, 0.2) is 0 Å². The van der Waals surface area contributed by atoms with Crippen LogP contribution in [0, 0.1) is 0 Å². The summed E-state index contributed by atoms with van der Waals surface area (Å²) in [5.41, 5.74) is 2.71. The molecule has 4 rings (SSSR count). The van der Waals surface area contributed by atoms with Crippen LogP contribution < -0.4 is 15.4 Å². The first-order chi connectivity index (χ1) is 16.3. The minimum Gasteiger partial charge on any atom is -0.487 e. The van der Waals surface area contributed by atoms with Crippen LogP contribution in [0.15, 0.2) is 48.5 Å². The Hall–Kier alpha value is -2.94. The van der Waals surface area contributed by atoms with Gasteiger partial charge in [0.25, 0.3) is 0 Å². The van der Waals surface area contributed by atoms with Crippen molar-refractivity contribution in [3.63, 3.8) is 0 Å². The smallest absolute Gasteiger partial charge is 0.238 e. The number of hydrogen-bond donors (Lipinski definition) is 3. The van der Waals surface area contributed by atoms with E-state index in [1.54, 1.807) is 4.90 Å². The molecule has 2 aliphatic heterocycles. The van der Waals surface area contributed by atoms with Crippen molar-refractivity contribution < 1.29 is 24.2 Å². The maximum Gasteiger partial charge on any atom is 0.238 e. The summed E-state index contributed by atoms with van der Waals surface area (Å²) in [6.07, 6.45) is -0.400. The molecule has 0 saturated carbocycles. The summed E-state index contributed by atoms with van der Waals surface area (Å²) >= 11 is 0. The van der Waals surface area contributed by atoms with E-state index in [1.807, 2.05) is 69.6 Å². The number of amides is 2. The lowest BCUT2D eigenvalue weighted by atomic mass is 9.84. The number of aliphatic hydroxyl groups excluding tert-OH is 1. The Bertz CT molecular complexity index is 1010. The van der Waals surface area contributed by atoms with Gasteiger partial charge in [0.1, 0.15) is 18.0 Å². The zero-order valence-corrected chi connectivity index (χ0v) is 19.9. The summed E-state index contributed by atoms with van der Waals surface area (Å²) < 4.78 is 12.2. The maximum absolute atomic E-state index is 12.8. The molecule has 5 atom stereocenters. The van der Waals surface area contributed by atoms with Crippen LogP contribution in [0.2, 0.25) is 0 Å². The second-order valence-corrected chi connectivity index (χ2v) is 9.35. The van der Waals surface area contributed by atoms with Crippen LogP contribution >= 0.6 is 0 Å². The van der Waals surface area contributed by atoms with E-state index in [4.69, 9.17) is 9.47 Å². The molecule has 2 aromatic rings. The number of anilines is 1. The Morgan fingerprint density at radius 3 is 2.62 bits per heavy atom. The molecule has 0 aromatic heterocycles. The van der Waals surface area contributed by atoms with Crippen LogP contribution in [0.5, 0.6) is 5.75 Å². The van der Waals surface area contributed by atoms with Crippen molar-refractivity contribution >= 4 is 17.5 Å².